The van der Waals surface area contributed by atoms with Gasteiger partial charge in [-0.1, -0.05) is 6.92 Å². The molecule has 0 radical (unpaired) electrons. The van der Waals surface area contributed by atoms with E-state index >= 15 is 0 Å². The minimum Gasteiger partial charge on any atom is -0.370 e. The smallest absolute Gasteiger partial charge is 0.223 e. The number of nitrogens with zero attached hydrogens (tertiary/aromatic N) is 1. The summed E-state index contributed by atoms with van der Waals surface area (Å²) in [5, 5.41) is 3.30. The van der Waals surface area contributed by atoms with Gasteiger partial charge in [0.05, 0.1) is 6.61 Å². The normalized spacial score (nSPS) is 36.9. The zero-order valence-electron chi connectivity index (χ0n) is 18.1. The van der Waals surface area contributed by atoms with Crippen molar-refractivity contribution in [2.24, 2.45) is 29.4 Å². The van der Waals surface area contributed by atoms with Crippen molar-refractivity contribution in [2.45, 2.75) is 63.3 Å². The minimum absolute atomic E-state index is 0.147. The number of halogens is 2. The molecule has 1 aromatic rings. The molecule has 1 amide bonds. The Balaban J connectivity index is 1.13. The summed E-state index contributed by atoms with van der Waals surface area (Å²) in [5.41, 5.74) is 6.56. The van der Waals surface area contributed by atoms with Gasteiger partial charge in [-0.2, -0.15) is 0 Å². The summed E-state index contributed by atoms with van der Waals surface area (Å²) in [5.74, 6) is 1.21. The standard InChI is InChI=1S/C24H33F2N3O2/c1-13(14-2-3-14)24(30)28-18-6-15-10-29(11-16(15)7-18)19-9-22(27)23(31-12-19)20-8-17(25)4-5-21(20)26/h4-5,8,13-16,18-19,22-23H,2-3,6-7,9-12,27H2,1H3,(H,28,30)/t13?,15?,16?,18?,19-,22+,23-/m1/s1. The van der Waals surface area contributed by atoms with E-state index in [0.717, 1.165) is 38.1 Å². The lowest BCUT2D eigenvalue weighted by atomic mass is 9.93. The maximum absolute atomic E-state index is 14.2. The van der Waals surface area contributed by atoms with Crippen LogP contribution in [0.1, 0.15) is 50.7 Å². The number of hydrogen-bond acceptors (Lipinski definition) is 4. The Bertz CT molecular complexity index is 819. The number of fused-ring (bicyclic) bond motifs is 1. The third kappa shape index (κ3) is 4.37. The molecule has 3 N–H and O–H groups in total. The monoisotopic (exact) mass is 433 g/mol. The van der Waals surface area contributed by atoms with E-state index < -0.39 is 17.7 Å². The lowest BCUT2D eigenvalue weighted by Crippen LogP contribution is -2.49. The van der Waals surface area contributed by atoms with Crippen LogP contribution in [0.15, 0.2) is 18.2 Å². The fourth-order valence-corrected chi connectivity index (χ4v) is 6.05. The molecule has 170 valence electrons. The summed E-state index contributed by atoms with van der Waals surface area (Å²) in [6.45, 7) is 4.52. The second kappa shape index (κ2) is 8.41. The molecule has 4 fully saturated rings. The molecule has 7 heteroatoms. The van der Waals surface area contributed by atoms with E-state index in [1.807, 2.05) is 0 Å². The molecule has 2 aliphatic heterocycles. The van der Waals surface area contributed by atoms with Gasteiger partial charge in [0.1, 0.15) is 17.7 Å². The molecule has 2 heterocycles. The molecular weight excluding hydrogens is 400 g/mol. The maximum atomic E-state index is 14.2. The number of carbonyl (C=O) groups is 1. The Morgan fingerprint density at radius 2 is 1.90 bits per heavy atom. The number of amides is 1. The number of nitrogens with two attached hydrogens (primary N) is 1. The van der Waals surface area contributed by atoms with Gasteiger partial charge in [-0.25, -0.2) is 8.78 Å². The Kier molecular flexibility index (Phi) is 5.78. The average molecular weight is 434 g/mol. The first kappa shape index (κ1) is 21.3. The predicted octanol–water partition coefficient (Wildman–Crippen LogP) is 2.99. The van der Waals surface area contributed by atoms with Gasteiger partial charge < -0.3 is 15.8 Å². The number of ether oxygens (including phenoxy) is 1. The van der Waals surface area contributed by atoms with Crippen LogP contribution in [0.2, 0.25) is 0 Å². The van der Waals surface area contributed by atoms with E-state index in [4.69, 9.17) is 10.5 Å². The molecule has 2 aliphatic carbocycles. The summed E-state index contributed by atoms with van der Waals surface area (Å²) in [6, 6.07) is 3.58. The first-order valence-electron chi connectivity index (χ1n) is 11.8. The Morgan fingerprint density at radius 3 is 2.55 bits per heavy atom. The van der Waals surface area contributed by atoms with Crippen LogP contribution < -0.4 is 11.1 Å². The quantitative estimate of drug-likeness (QED) is 0.749. The van der Waals surface area contributed by atoms with E-state index in [0.29, 0.717) is 36.8 Å². The molecule has 31 heavy (non-hydrogen) atoms. The van der Waals surface area contributed by atoms with Crippen molar-refractivity contribution in [1.82, 2.24) is 10.2 Å². The van der Waals surface area contributed by atoms with Crippen molar-refractivity contribution in [2.75, 3.05) is 19.7 Å². The Labute approximate surface area is 182 Å². The third-order valence-electron chi connectivity index (χ3n) is 8.05. The number of carbonyl (C=O) groups excluding carboxylic acids is 1. The second-order valence-electron chi connectivity index (χ2n) is 10.3. The highest BCUT2D eigenvalue weighted by Crippen LogP contribution is 2.42. The van der Waals surface area contributed by atoms with Crippen LogP contribution in [-0.2, 0) is 9.53 Å². The maximum Gasteiger partial charge on any atom is 0.223 e. The molecule has 1 aromatic carbocycles. The van der Waals surface area contributed by atoms with Gasteiger partial charge in [0, 0.05) is 42.7 Å². The summed E-state index contributed by atoms with van der Waals surface area (Å²) in [7, 11) is 0. The fourth-order valence-electron chi connectivity index (χ4n) is 6.05. The number of likely N-dealkylation sites (tertiary alicyclic amines) is 1. The van der Waals surface area contributed by atoms with Crippen LogP contribution in [0, 0.1) is 35.3 Å². The minimum atomic E-state index is -0.609. The third-order valence-corrected chi connectivity index (χ3v) is 8.05. The summed E-state index contributed by atoms with van der Waals surface area (Å²) >= 11 is 0. The van der Waals surface area contributed by atoms with Crippen molar-refractivity contribution in [3.63, 3.8) is 0 Å². The first-order valence-corrected chi connectivity index (χ1v) is 11.8. The molecule has 6 atom stereocenters. The van der Waals surface area contributed by atoms with Crippen molar-refractivity contribution in [1.29, 1.82) is 0 Å². The zero-order chi connectivity index (χ0) is 21.7. The summed E-state index contributed by atoms with van der Waals surface area (Å²) in [6.07, 6.45) is 4.57. The van der Waals surface area contributed by atoms with Crippen molar-refractivity contribution in [3.8, 4) is 0 Å². The SMILES string of the molecule is CC(C(=O)NC1CC2CN([C@H]3CO[C@H](c4cc(F)ccc4F)[C@@H](N)C3)CC2C1)C1CC1. The lowest BCUT2D eigenvalue weighted by Gasteiger charge is -2.39. The van der Waals surface area contributed by atoms with Crippen LogP contribution in [-0.4, -0.2) is 48.6 Å². The van der Waals surface area contributed by atoms with Gasteiger partial charge in [-0.3, -0.25) is 9.69 Å². The van der Waals surface area contributed by atoms with Gasteiger partial charge in [-0.15, -0.1) is 0 Å². The molecule has 5 nitrogen and oxygen atoms in total. The molecule has 5 rings (SSSR count). The highest BCUT2D eigenvalue weighted by atomic mass is 19.1. The summed E-state index contributed by atoms with van der Waals surface area (Å²) < 4.78 is 33.7. The number of benzene rings is 1. The fraction of sp³-hybridized carbons (Fsp3) is 0.708. The molecule has 0 aromatic heterocycles. The van der Waals surface area contributed by atoms with Gasteiger partial charge >= 0.3 is 0 Å². The topological polar surface area (TPSA) is 67.6 Å². The van der Waals surface area contributed by atoms with Crippen LogP contribution in [0.4, 0.5) is 8.78 Å². The zero-order valence-corrected chi connectivity index (χ0v) is 18.1. The lowest BCUT2D eigenvalue weighted by molar-refractivity contribution is -0.125. The second-order valence-corrected chi connectivity index (χ2v) is 10.3. The number of hydrogen-bond donors (Lipinski definition) is 2. The van der Waals surface area contributed by atoms with Crippen LogP contribution in [0.5, 0.6) is 0 Å². The van der Waals surface area contributed by atoms with Gasteiger partial charge in [0.25, 0.3) is 0 Å². The van der Waals surface area contributed by atoms with Crippen LogP contribution in [0.25, 0.3) is 0 Å². The van der Waals surface area contributed by atoms with E-state index in [1.165, 1.54) is 18.9 Å². The first-order chi connectivity index (χ1) is 14.9. The number of rotatable bonds is 5. The largest absolute Gasteiger partial charge is 0.370 e. The van der Waals surface area contributed by atoms with Gasteiger partial charge in [0.15, 0.2) is 0 Å². The molecule has 4 aliphatic rings. The molecule has 0 bridgehead atoms. The number of nitrogens with one attached hydrogen (secondary N) is 1. The van der Waals surface area contributed by atoms with Gasteiger partial charge in [0.2, 0.25) is 5.91 Å². The molecule has 0 spiro atoms. The average Bonchev–Trinajstić information content (AvgIpc) is 3.41. The highest BCUT2D eigenvalue weighted by molar-refractivity contribution is 5.79. The van der Waals surface area contributed by atoms with Crippen molar-refractivity contribution >= 4 is 5.91 Å². The van der Waals surface area contributed by atoms with Gasteiger partial charge in [-0.05, 0) is 68.1 Å². The Morgan fingerprint density at radius 1 is 1.19 bits per heavy atom. The van der Waals surface area contributed by atoms with E-state index in [-0.39, 0.29) is 29.5 Å². The van der Waals surface area contributed by atoms with Crippen molar-refractivity contribution < 1.29 is 18.3 Å². The Hall–Kier alpha value is -1.57. The predicted molar refractivity (Wildman–Crippen MR) is 113 cm³/mol. The highest BCUT2D eigenvalue weighted by Gasteiger charge is 2.45. The van der Waals surface area contributed by atoms with Crippen LogP contribution >= 0.6 is 0 Å². The van der Waals surface area contributed by atoms with E-state index in [2.05, 4.69) is 17.1 Å². The summed E-state index contributed by atoms with van der Waals surface area (Å²) in [4.78, 5) is 14.9. The molecule has 2 saturated heterocycles. The molecule has 3 unspecified atom stereocenters. The van der Waals surface area contributed by atoms with Crippen LogP contribution in [0.3, 0.4) is 0 Å². The van der Waals surface area contributed by atoms with E-state index in [1.54, 1.807) is 0 Å². The van der Waals surface area contributed by atoms with Crippen molar-refractivity contribution in [3.05, 3.63) is 35.4 Å². The van der Waals surface area contributed by atoms with E-state index in [9.17, 15) is 13.6 Å². The molecular formula is C24H33F2N3O2. The molecule has 2 saturated carbocycles.